The first-order valence-corrected chi connectivity index (χ1v) is 8.75. The van der Waals surface area contributed by atoms with Crippen LogP contribution in [0.15, 0.2) is 28.7 Å². The van der Waals surface area contributed by atoms with Gasteiger partial charge in [-0.2, -0.15) is 0 Å². The third-order valence-electron chi connectivity index (χ3n) is 2.91. The minimum absolute atomic E-state index is 0.00996. The van der Waals surface area contributed by atoms with Crippen LogP contribution in [0.5, 0.6) is 0 Å². The third-order valence-corrected chi connectivity index (χ3v) is 5.47. The first kappa shape index (κ1) is 15.7. The molecular weight excluding hydrogens is 314 g/mol. The lowest BCUT2D eigenvalue weighted by Gasteiger charge is -2.12. The third kappa shape index (κ3) is 5.50. The van der Waals surface area contributed by atoms with Gasteiger partial charge >= 0.3 is 0 Å². The summed E-state index contributed by atoms with van der Waals surface area (Å²) in [6, 6.07) is 7.98. The molecule has 1 aromatic carbocycles. The number of hydrogen-bond donors (Lipinski definition) is 1. The summed E-state index contributed by atoms with van der Waals surface area (Å²) >= 11 is 3.48. The Bertz CT molecular complexity index is 474. The topological polar surface area (TPSA) is 60.2 Å². The van der Waals surface area contributed by atoms with E-state index in [1.807, 2.05) is 24.3 Å². The van der Waals surface area contributed by atoms with Gasteiger partial charge < -0.3 is 5.73 Å². The van der Waals surface area contributed by atoms with Crippen LogP contribution >= 0.6 is 15.9 Å². The summed E-state index contributed by atoms with van der Waals surface area (Å²) in [4.78, 5) is 0. The number of benzene rings is 1. The Labute approximate surface area is 118 Å². The van der Waals surface area contributed by atoms with Crippen molar-refractivity contribution >= 4 is 25.8 Å². The molecule has 0 amide bonds. The highest BCUT2D eigenvalue weighted by atomic mass is 79.9. The van der Waals surface area contributed by atoms with Gasteiger partial charge in [-0.05, 0) is 30.9 Å². The monoisotopic (exact) mass is 333 g/mol. The fraction of sp³-hybridized carbons (Fsp3) is 0.538. The van der Waals surface area contributed by atoms with Crippen LogP contribution in [-0.4, -0.2) is 26.0 Å². The van der Waals surface area contributed by atoms with E-state index in [0.29, 0.717) is 6.42 Å². The summed E-state index contributed by atoms with van der Waals surface area (Å²) < 4.78 is 23.7. The van der Waals surface area contributed by atoms with E-state index in [1.165, 1.54) is 5.56 Å². The molecule has 0 saturated heterocycles. The summed E-state index contributed by atoms with van der Waals surface area (Å²) in [5.74, 6) is 0.458. The summed E-state index contributed by atoms with van der Waals surface area (Å²) in [5, 5.41) is 0. The largest absolute Gasteiger partial charge is 0.327 e. The second-order valence-electron chi connectivity index (χ2n) is 4.43. The number of rotatable bonds is 7. The molecule has 0 fully saturated rings. The maximum atomic E-state index is 11.3. The number of halogens is 1. The van der Waals surface area contributed by atoms with Crippen molar-refractivity contribution in [3.8, 4) is 0 Å². The molecule has 0 saturated carbocycles. The van der Waals surface area contributed by atoms with Gasteiger partial charge in [-0.1, -0.05) is 41.1 Å². The van der Waals surface area contributed by atoms with Crippen molar-refractivity contribution in [1.29, 1.82) is 0 Å². The number of hydrogen-bond acceptors (Lipinski definition) is 3. The molecule has 0 bridgehead atoms. The average Bonchev–Trinajstić information content (AvgIpc) is 2.32. The lowest BCUT2D eigenvalue weighted by molar-refractivity contribution is 0.574. The molecular formula is C13H20BrNO2S. The van der Waals surface area contributed by atoms with Crippen molar-refractivity contribution < 1.29 is 8.42 Å². The van der Waals surface area contributed by atoms with Crippen molar-refractivity contribution in [1.82, 2.24) is 0 Å². The van der Waals surface area contributed by atoms with E-state index in [1.54, 1.807) is 6.92 Å². The Kier molecular flexibility index (Phi) is 6.32. The molecule has 0 heterocycles. The van der Waals surface area contributed by atoms with Crippen molar-refractivity contribution in [3.05, 3.63) is 34.3 Å². The molecule has 102 valence electrons. The molecule has 3 nitrogen and oxygen atoms in total. The van der Waals surface area contributed by atoms with Crippen LogP contribution in [0.4, 0.5) is 0 Å². The minimum atomic E-state index is -2.86. The Hall–Kier alpha value is -0.390. The Morgan fingerprint density at radius 3 is 2.61 bits per heavy atom. The summed E-state index contributed by atoms with van der Waals surface area (Å²) in [5.41, 5.74) is 7.20. The van der Waals surface area contributed by atoms with Gasteiger partial charge in [-0.15, -0.1) is 0 Å². The van der Waals surface area contributed by atoms with Gasteiger partial charge in [0.25, 0.3) is 0 Å². The van der Waals surface area contributed by atoms with Gasteiger partial charge in [-0.3, -0.25) is 0 Å². The molecule has 1 unspecified atom stereocenters. The van der Waals surface area contributed by atoms with E-state index >= 15 is 0 Å². The minimum Gasteiger partial charge on any atom is -0.327 e. The standard InChI is InChI=1S/C13H20BrNO2S/c1-2-18(16,17)9-5-7-12(15)10-11-6-3-4-8-13(11)14/h3-4,6,8,12H,2,5,7,9-10,15H2,1H3. The Morgan fingerprint density at radius 2 is 2.00 bits per heavy atom. The zero-order valence-electron chi connectivity index (χ0n) is 10.6. The molecule has 2 N–H and O–H groups in total. The lowest BCUT2D eigenvalue weighted by atomic mass is 10.0. The predicted molar refractivity (Wildman–Crippen MR) is 79.4 cm³/mol. The van der Waals surface area contributed by atoms with Crippen LogP contribution in [0.1, 0.15) is 25.3 Å². The number of sulfone groups is 1. The summed E-state index contributed by atoms with van der Waals surface area (Å²) in [6.45, 7) is 1.68. The first-order chi connectivity index (χ1) is 8.44. The van der Waals surface area contributed by atoms with Gasteiger partial charge in [-0.25, -0.2) is 8.42 Å². The van der Waals surface area contributed by atoms with Gasteiger partial charge in [0.15, 0.2) is 0 Å². The average molecular weight is 334 g/mol. The molecule has 1 rings (SSSR count). The fourth-order valence-corrected chi connectivity index (χ4v) is 3.10. The van der Waals surface area contributed by atoms with Crippen LogP contribution in [0.2, 0.25) is 0 Å². The van der Waals surface area contributed by atoms with Gasteiger partial charge in [0, 0.05) is 16.3 Å². The maximum absolute atomic E-state index is 11.3. The molecule has 5 heteroatoms. The van der Waals surface area contributed by atoms with E-state index in [4.69, 9.17) is 5.73 Å². The molecule has 0 aliphatic heterocycles. The zero-order chi connectivity index (χ0) is 13.6. The van der Waals surface area contributed by atoms with Crippen LogP contribution < -0.4 is 5.73 Å². The SMILES string of the molecule is CCS(=O)(=O)CCCC(N)Cc1ccccc1Br. The molecule has 0 aliphatic rings. The first-order valence-electron chi connectivity index (χ1n) is 6.14. The van der Waals surface area contributed by atoms with Crippen LogP contribution in [-0.2, 0) is 16.3 Å². The van der Waals surface area contributed by atoms with E-state index in [0.717, 1.165) is 17.3 Å². The Morgan fingerprint density at radius 1 is 1.33 bits per heavy atom. The highest BCUT2D eigenvalue weighted by Crippen LogP contribution is 2.18. The summed E-state index contributed by atoms with van der Waals surface area (Å²) in [7, 11) is -2.86. The summed E-state index contributed by atoms with van der Waals surface area (Å²) in [6.07, 6.45) is 2.15. The fourth-order valence-electron chi connectivity index (χ4n) is 1.76. The highest BCUT2D eigenvalue weighted by Gasteiger charge is 2.10. The molecule has 1 aromatic rings. The molecule has 1 atom stereocenters. The molecule has 18 heavy (non-hydrogen) atoms. The van der Waals surface area contributed by atoms with Crippen molar-refractivity contribution in [2.75, 3.05) is 11.5 Å². The second kappa shape index (κ2) is 7.26. The van der Waals surface area contributed by atoms with Crippen molar-refractivity contribution in [3.63, 3.8) is 0 Å². The quantitative estimate of drug-likeness (QED) is 0.834. The van der Waals surface area contributed by atoms with E-state index in [2.05, 4.69) is 15.9 Å². The van der Waals surface area contributed by atoms with Crippen molar-refractivity contribution in [2.24, 2.45) is 5.73 Å². The zero-order valence-corrected chi connectivity index (χ0v) is 13.0. The molecule has 0 radical (unpaired) electrons. The van der Waals surface area contributed by atoms with E-state index in [-0.39, 0.29) is 17.5 Å². The van der Waals surface area contributed by atoms with Gasteiger partial charge in [0.05, 0.1) is 5.75 Å². The normalized spacial score (nSPS) is 13.5. The van der Waals surface area contributed by atoms with Crippen LogP contribution in [0.25, 0.3) is 0 Å². The Balaban J connectivity index is 2.39. The van der Waals surface area contributed by atoms with Crippen LogP contribution in [0, 0.1) is 0 Å². The lowest BCUT2D eigenvalue weighted by Crippen LogP contribution is -2.24. The highest BCUT2D eigenvalue weighted by molar-refractivity contribution is 9.10. The number of nitrogens with two attached hydrogens (primary N) is 1. The smallest absolute Gasteiger partial charge is 0.150 e. The predicted octanol–water partition coefficient (Wildman–Crippen LogP) is 2.53. The van der Waals surface area contributed by atoms with E-state index in [9.17, 15) is 8.42 Å². The van der Waals surface area contributed by atoms with Crippen molar-refractivity contribution in [2.45, 2.75) is 32.2 Å². The molecule has 0 aliphatic carbocycles. The second-order valence-corrected chi connectivity index (χ2v) is 7.76. The maximum Gasteiger partial charge on any atom is 0.150 e. The van der Waals surface area contributed by atoms with Crippen LogP contribution in [0.3, 0.4) is 0 Å². The molecule has 0 aromatic heterocycles. The van der Waals surface area contributed by atoms with E-state index < -0.39 is 9.84 Å². The molecule has 0 spiro atoms. The van der Waals surface area contributed by atoms with Gasteiger partial charge in [0.1, 0.15) is 9.84 Å². The van der Waals surface area contributed by atoms with Gasteiger partial charge in [0.2, 0.25) is 0 Å².